The molecule has 96 valence electrons. The van der Waals surface area contributed by atoms with Crippen molar-refractivity contribution in [3.05, 3.63) is 40.7 Å². The van der Waals surface area contributed by atoms with E-state index in [1.54, 1.807) is 0 Å². The molecule has 0 saturated carbocycles. The average molecular weight is 244 g/mol. The van der Waals surface area contributed by atoms with Crippen LogP contribution in [0, 0.1) is 20.8 Å². The summed E-state index contributed by atoms with van der Waals surface area (Å²) >= 11 is 0. The Labute approximate surface area is 108 Å². The predicted octanol–water partition coefficient (Wildman–Crippen LogP) is 2.47. The van der Waals surface area contributed by atoms with Crippen LogP contribution < -0.4 is 5.32 Å². The maximum atomic E-state index is 4.27. The number of hydrogen-bond acceptors (Lipinski definition) is 3. The molecule has 0 aliphatic heterocycles. The third-order valence-corrected chi connectivity index (χ3v) is 3.22. The number of nitrogens with one attached hydrogen (secondary N) is 1. The van der Waals surface area contributed by atoms with Crippen molar-refractivity contribution in [2.24, 2.45) is 0 Å². The number of aryl methyl sites for hydroxylation is 2. The van der Waals surface area contributed by atoms with Crippen molar-refractivity contribution in [3.8, 4) is 5.69 Å². The first-order valence-electron chi connectivity index (χ1n) is 6.21. The smallest absolute Gasteiger partial charge is 0.103 e. The summed E-state index contributed by atoms with van der Waals surface area (Å²) < 4.78 is 1.91. The summed E-state index contributed by atoms with van der Waals surface area (Å²) in [5.74, 6) is 0. The van der Waals surface area contributed by atoms with Gasteiger partial charge in [0.2, 0.25) is 0 Å². The lowest BCUT2D eigenvalue weighted by molar-refractivity contribution is 0.627. The van der Waals surface area contributed by atoms with Crippen molar-refractivity contribution in [1.82, 2.24) is 20.3 Å². The molecular weight excluding hydrogens is 224 g/mol. The van der Waals surface area contributed by atoms with E-state index in [4.69, 9.17) is 0 Å². The molecule has 0 amide bonds. The predicted molar refractivity (Wildman–Crippen MR) is 73.0 cm³/mol. The van der Waals surface area contributed by atoms with Gasteiger partial charge in [-0.1, -0.05) is 11.3 Å². The molecule has 2 rings (SSSR count). The van der Waals surface area contributed by atoms with E-state index in [0.29, 0.717) is 0 Å². The zero-order valence-corrected chi connectivity index (χ0v) is 11.7. The maximum absolute atomic E-state index is 4.27. The van der Waals surface area contributed by atoms with Crippen molar-refractivity contribution in [2.75, 3.05) is 7.05 Å². The van der Waals surface area contributed by atoms with Gasteiger partial charge in [-0.2, -0.15) is 0 Å². The third kappa shape index (κ3) is 2.29. The van der Waals surface area contributed by atoms with Gasteiger partial charge < -0.3 is 5.32 Å². The summed E-state index contributed by atoms with van der Waals surface area (Å²) in [7, 11) is 1.93. The van der Waals surface area contributed by atoms with Crippen LogP contribution in [0.15, 0.2) is 18.2 Å². The lowest BCUT2D eigenvalue weighted by atomic mass is 10.1. The molecular formula is C14H20N4. The van der Waals surface area contributed by atoms with E-state index < -0.39 is 0 Å². The van der Waals surface area contributed by atoms with Crippen LogP contribution >= 0.6 is 0 Å². The van der Waals surface area contributed by atoms with Gasteiger partial charge in [0, 0.05) is 0 Å². The molecule has 0 radical (unpaired) electrons. The molecule has 0 bridgehead atoms. The van der Waals surface area contributed by atoms with E-state index in [2.05, 4.69) is 61.5 Å². The van der Waals surface area contributed by atoms with Crippen LogP contribution in [0.3, 0.4) is 0 Å². The molecule has 1 aromatic heterocycles. The Bertz CT molecular complexity index is 537. The number of rotatable bonds is 3. The molecule has 1 unspecified atom stereocenters. The van der Waals surface area contributed by atoms with Gasteiger partial charge in [0.05, 0.1) is 17.4 Å². The van der Waals surface area contributed by atoms with Gasteiger partial charge in [-0.05, 0) is 58.0 Å². The van der Waals surface area contributed by atoms with Crippen LogP contribution in [0.2, 0.25) is 0 Å². The minimum absolute atomic E-state index is 0.213. The fraction of sp³-hybridized carbons (Fsp3) is 0.429. The highest BCUT2D eigenvalue weighted by atomic mass is 15.4. The van der Waals surface area contributed by atoms with Gasteiger partial charge >= 0.3 is 0 Å². The molecule has 0 saturated heterocycles. The molecule has 1 atom stereocenters. The zero-order chi connectivity index (χ0) is 13.3. The normalized spacial score (nSPS) is 12.7. The number of nitrogens with zero attached hydrogens (tertiary/aromatic N) is 3. The Kier molecular flexibility index (Phi) is 3.48. The molecule has 0 fully saturated rings. The minimum Gasteiger partial charge on any atom is -0.312 e. The highest BCUT2D eigenvalue weighted by molar-refractivity contribution is 5.40. The molecule has 18 heavy (non-hydrogen) atoms. The van der Waals surface area contributed by atoms with Gasteiger partial charge in [0.25, 0.3) is 0 Å². The van der Waals surface area contributed by atoms with Crippen LogP contribution in [0.5, 0.6) is 0 Å². The fourth-order valence-corrected chi connectivity index (χ4v) is 2.20. The zero-order valence-electron chi connectivity index (χ0n) is 11.7. The van der Waals surface area contributed by atoms with Crippen molar-refractivity contribution in [1.29, 1.82) is 0 Å². The first-order chi connectivity index (χ1) is 8.52. The molecule has 2 aromatic rings. The summed E-state index contributed by atoms with van der Waals surface area (Å²) in [6, 6.07) is 6.63. The third-order valence-electron chi connectivity index (χ3n) is 3.22. The quantitative estimate of drug-likeness (QED) is 0.902. The Hall–Kier alpha value is -1.68. The van der Waals surface area contributed by atoms with E-state index in [-0.39, 0.29) is 6.04 Å². The van der Waals surface area contributed by atoms with Crippen LogP contribution in [-0.4, -0.2) is 22.0 Å². The van der Waals surface area contributed by atoms with Gasteiger partial charge in [-0.25, -0.2) is 4.68 Å². The van der Waals surface area contributed by atoms with Crippen molar-refractivity contribution in [3.63, 3.8) is 0 Å². The second-order valence-corrected chi connectivity index (χ2v) is 4.83. The van der Waals surface area contributed by atoms with Crippen molar-refractivity contribution >= 4 is 0 Å². The monoisotopic (exact) mass is 244 g/mol. The summed E-state index contributed by atoms with van der Waals surface area (Å²) in [5.41, 5.74) is 5.64. The second-order valence-electron chi connectivity index (χ2n) is 4.83. The summed E-state index contributed by atoms with van der Waals surface area (Å²) in [6.45, 7) is 8.34. The van der Waals surface area contributed by atoms with Crippen molar-refractivity contribution in [2.45, 2.75) is 33.7 Å². The molecule has 1 heterocycles. The van der Waals surface area contributed by atoms with Crippen LogP contribution in [0.1, 0.15) is 35.5 Å². The van der Waals surface area contributed by atoms with Crippen LogP contribution in [-0.2, 0) is 0 Å². The van der Waals surface area contributed by atoms with E-state index in [0.717, 1.165) is 17.1 Å². The SMILES string of the molecule is CNC(C)c1nnn(-c2cc(C)cc(C)c2)c1C. The van der Waals surface area contributed by atoms with Crippen LogP contribution in [0.25, 0.3) is 5.69 Å². The van der Waals surface area contributed by atoms with E-state index in [1.165, 1.54) is 11.1 Å². The molecule has 1 aromatic carbocycles. The Balaban J connectivity index is 2.48. The molecule has 0 spiro atoms. The topological polar surface area (TPSA) is 42.7 Å². The Morgan fingerprint density at radius 1 is 1.11 bits per heavy atom. The van der Waals surface area contributed by atoms with Gasteiger partial charge in [0.1, 0.15) is 5.69 Å². The lowest BCUT2D eigenvalue weighted by Gasteiger charge is -2.09. The minimum atomic E-state index is 0.213. The van der Waals surface area contributed by atoms with E-state index in [1.807, 2.05) is 11.7 Å². The summed E-state index contributed by atoms with van der Waals surface area (Å²) in [6.07, 6.45) is 0. The average Bonchev–Trinajstić information content (AvgIpc) is 2.69. The standard InChI is InChI=1S/C14H20N4/c1-9-6-10(2)8-13(7-9)18-12(4)14(16-17-18)11(3)15-5/h6-8,11,15H,1-5H3. The van der Waals surface area contributed by atoms with Gasteiger partial charge in [-0.3, -0.25) is 0 Å². The number of benzene rings is 1. The Morgan fingerprint density at radius 2 is 1.72 bits per heavy atom. The molecule has 1 N–H and O–H groups in total. The summed E-state index contributed by atoms with van der Waals surface area (Å²) in [5, 5.41) is 11.7. The van der Waals surface area contributed by atoms with Gasteiger partial charge in [-0.15, -0.1) is 5.10 Å². The highest BCUT2D eigenvalue weighted by Gasteiger charge is 2.14. The maximum Gasteiger partial charge on any atom is 0.103 e. The molecule has 4 nitrogen and oxygen atoms in total. The number of hydrogen-bond donors (Lipinski definition) is 1. The van der Waals surface area contributed by atoms with Gasteiger partial charge in [0.15, 0.2) is 0 Å². The number of aromatic nitrogens is 3. The van der Waals surface area contributed by atoms with E-state index in [9.17, 15) is 0 Å². The fourth-order valence-electron chi connectivity index (χ4n) is 2.20. The second kappa shape index (κ2) is 4.90. The van der Waals surface area contributed by atoms with Crippen LogP contribution in [0.4, 0.5) is 0 Å². The first-order valence-corrected chi connectivity index (χ1v) is 6.21. The van der Waals surface area contributed by atoms with Crippen molar-refractivity contribution < 1.29 is 0 Å². The largest absolute Gasteiger partial charge is 0.312 e. The molecule has 0 aliphatic carbocycles. The highest BCUT2D eigenvalue weighted by Crippen LogP contribution is 2.19. The Morgan fingerprint density at radius 3 is 2.28 bits per heavy atom. The van der Waals surface area contributed by atoms with E-state index >= 15 is 0 Å². The first kappa shape index (κ1) is 12.8. The molecule has 4 heteroatoms. The molecule has 0 aliphatic rings. The lowest BCUT2D eigenvalue weighted by Crippen LogP contribution is -2.14. The summed E-state index contributed by atoms with van der Waals surface area (Å²) in [4.78, 5) is 0.